The van der Waals surface area contributed by atoms with E-state index in [4.69, 9.17) is 10.5 Å². The molecule has 2 atom stereocenters. The highest BCUT2D eigenvalue weighted by molar-refractivity contribution is 6.18. The summed E-state index contributed by atoms with van der Waals surface area (Å²) in [5, 5.41) is 6.14. The molecule has 0 spiro atoms. The fourth-order valence-electron chi connectivity index (χ4n) is 3.47. The van der Waals surface area contributed by atoms with Crippen molar-refractivity contribution in [1.82, 2.24) is 5.32 Å². The first-order valence-electron chi connectivity index (χ1n) is 9.59. The van der Waals surface area contributed by atoms with Crippen LogP contribution in [0.15, 0.2) is 54.6 Å². The van der Waals surface area contributed by atoms with Crippen molar-refractivity contribution >= 4 is 39.3 Å². The van der Waals surface area contributed by atoms with Gasteiger partial charge in [0.2, 0.25) is 5.91 Å². The van der Waals surface area contributed by atoms with Crippen molar-refractivity contribution in [3.05, 3.63) is 60.2 Å². The Morgan fingerprint density at radius 3 is 2.07 bits per heavy atom. The van der Waals surface area contributed by atoms with Crippen molar-refractivity contribution < 1.29 is 19.1 Å². The molecule has 29 heavy (non-hydrogen) atoms. The molecular formula is C23H24N2O4. The van der Waals surface area contributed by atoms with Crippen molar-refractivity contribution in [3.63, 3.8) is 0 Å². The molecule has 0 saturated heterocycles. The van der Waals surface area contributed by atoms with E-state index in [1.165, 1.54) is 0 Å². The van der Waals surface area contributed by atoms with Gasteiger partial charge in [0.1, 0.15) is 6.04 Å². The van der Waals surface area contributed by atoms with Gasteiger partial charge in [-0.1, -0.05) is 55.5 Å². The Kier molecular flexibility index (Phi) is 6.12. The van der Waals surface area contributed by atoms with Crippen molar-refractivity contribution in [1.29, 1.82) is 0 Å². The molecule has 0 aliphatic rings. The van der Waals surface area contributed by atoms with Crippen LogP contribution in [0, 0.1) is 5.92 Å². The predicted molar refractivity (Wildman–Crippen MR) is 112 cm³/mol. The highest BCUT2D eigenvalue weighted by Crippen LogP contribution is 2.28. The zero-order chi connectivity index (χ0) is 21.0. The number of hydrogen-bond acceptors (Lipinski definition) is 4. The maximum atomic E-state index is 13.2. The fourth-order valence-corrected chi connectivity index (χ4v) is 3.47. The maximum absolute atomic E-state index is 13.2. The summed E-state index contributed by atoms with van der Waals surface area (Å²) in [5.41, 5.74) is 5.99. The molecule has 0 unspecified atom stereocenters. The van der Waals surface area contributed by atoms with E-state index in [1.807, 2.05) is 54.6 Å². The Morgan fingerprint density at radius 2 is 1.55 bits per heavy atom. The standard InChI is InChI=1S/C23H24N2O4/c1-3-29-23(28)14(2)12-19(21(24)26)25-22(27)20-17-10-6-4-8-15(17)13-16-9-5-7-11-18(16)20/h4-11,13-14,19H,3,12H2,1-2H3,(H2,24,26)(H,25,27)/t14-,19-/m1/s1. The van der Waals surface area contributed by atoms with Crippen LogP contribution in [-0.4, -0.2) is 30.4 Å². The summed E-state index contributed by atoms with van der Waals surface area (Å²) in [6.45, 7) is 3.61. The van der Waals surface area contributed by atoms with Crippen LogP contribution in [0.25, 0.3) is 21.5 Å². The lowest BCUT2D eigenvalue weighted by molar-refractivity contribution is -0.147. The van der Waals surface area contributed by atoms with Gasteiger partial charge in [0.05, 0.1) is 18.1 Å². The van der Waals surface area contributed by atoms with E-state index in [2.05, 4.69) is 5.32 Å². The van der Waals surface area contributed by atoms with E-state index in [9.17, 15) is 14.4 Å². The zero-order valence-electron chi connectivity index (χ0n) is 16.5. The highest BCUT2D eigenvalue weighted by Gasteiger charge is 2.26. The summed E-state index contributed by atoms with van der Waals surface area (Å²) in [5.74, 6) is -2.10. The minimum absolute atomic E-state index is 0.0720. The third-order valence-corrected chi connectivity index (χ3v) is 4.93. The second-order valence-electron chi connectivity index (χ2n) is 7.01. The number of ether oxygens (including phenoxy) is 1. The molecular weight excluding hydrogens is 368 g/mol. The average Bonchev–Trinajstić information content (AvgIpc) is 2.71. The number of carbonyl (C=O) groups excluding carboxylic acids is 3. The minimum atomic E-state index is -0.986. The quantitative estimate of drug-likeness (QED) is 0.477. The number of amides is 2. The Balaban J connectivity index is 1.97. The van der Waals surface area contributed by atoms with Crippen LogP contribution in [0.5, 0.6) is 0 Å². The van der Waals surface area contributed by atoms with Crippen LogP contribution in [-0.2, 0) is 14.3 Å². The van der Waals surface area contributed by atoms with E-state index in [0.717, 1.165) is 21.5 Å². The molecule has 0 saturated carbocycles. The van der Waals surface area contributed by atoms with Crippen molar-refractivity contribution in [2.45, 2.75) is 26.3 Å². The van der Waals surface area contributed by atoms with E-state index < -0.39 is 29.7 Å². The van der Waals surface area contributed by atoms with E-state index in [1.54, 1.807) is 13.8 Å². The SMILES string of the molecule is CCOC(=O)[C@H](C)C[C@@H](NC(=O)c1c2ccccc2cc2ccccc12)C(N)=O. The monoisotopic (exact) mass is 392 g/mol. The largest absolute Gasteiger partial charge is 0.466 e. The topological polar surface area (TPSA) is 98.5 Å². The van der Waals surface area contributed by atoms with Gasteiger partial charge in [0, 0.05) is 0 Å². The number of esters is 1. The normalized spacial score (nSPS) is 13.0. The molecule has 3 rings (SSSR count). The molecule has 6 nitrogen and oxygen atoms in total. The van der Waals surface area contributed by atoms with Gasteiger partial charge in [-0.15, -0.1) is 0 Å². The molecule has 0 aliphatic carbocycles. The molecule has 150 valence electrons. The minimum Gasteiger partial charge on any atom is -0.466 e. The lowest BCUT2D eigenvalue weighted by atomic mass is 9.95. The number of nitrogens with two attached hydrogens (primary N) is 1. The first kappa shape index (κ1) is 20.3. The third kappa shape index (κ3) is 4.37. The number of carbonyl (C=O) groups is 3. The molecule has 0 radical (unpaired) electrons. The van der Waals surface area contributed by atoms with Gasteiger partial charge in [-0.2, -0.15) is 0 Å². The van der Waals surface area contributed by atoms with Gasteiger partial charge in [0.15, 0.2) is 0 Å². The Labute approximate surface area is 169 Å². The van der Waals surface area contributed by atoms with E-state index >= 15 is 0 Å². The summed E-state index contributed by atoms with van der Waals surface area (Å²) in [6.07, 6.45) is 0.0720. The van der Waals surface area contributed by atoms with Crippen LogP contribution in [0.1, 0.15) is 30.6 Å². The van der Waals surface area contributed by atoms with Crippen molar-refractivity contribution in [3.8, 4) is 0 Å². The molecule has 3 N–H and O–H groups in total. The Morgan fingerprint density at radius 1 is 1.00 bits per heavy atom. The molecule has 2 amide bonds. The van der Waals surface area contributed by atoms with Gasteiger partial charge in [-0.05, 0) is 41.0 Å². The molecule has 0 aromatic heterocycles. The lowest BCUT2D eigenvalue weighted by Gasteiger charge is -2.20. The number of benzene rings is 3. The zero-order valence-corrected chi connectivity index (χ0v) is 16.5. The van der Waals surface area contributed by atoms with Gasteiger partial charge < -0.3 is 15.8 Å². The average molecular weight is 392 g/mol. The summed E-state index contributed by atoms with van der Waals surface area (Å²) in [4.78, 5) is 37.1. The summed E-state index contributed by atoms with van der Waals surface area (Å²) in [6, 6.07) is 16.2. The van der Waals surface area contributed by atoms with Crippen LogP contribution >= 0.6 is 0 Å². The molecule has 3 aromatic rings. The summed E-state index contributed by atoms with van der Waals surface area (Å²) >= 11 is 0. The Hall–Kier alpha value is -3.41. The predicted octanol–water partition coefficient (Wildman–Crippen LogP) is 3.17. The summed E-state index contributed by atoms with van der Waals surface area (Å²) in [7, 11) is 0. The van der Waals surface area contributed by atoms with Gasteiger partial charge in [-0.25, -0.2) is 0 Å². The first-order chi connectivity index (χ1) is 13.9. The second-order valence-corrected chi connectivity index (χ2v) is 7.01. The van der Waals surface area contributed by atoms with E-state index in [0.29, 0.717) is 5.56 Å². The number of primary amides is 1. The van der Waals surface area contributed by atoms with Crippen LogP contribution in [0.3, 0.4) is 0 Å². The molecule has 0 fully saturated rings. The van der Waals surface area contributed by atoms with Gasteiger partial charge in [-0.3, -0.25) is 14.4 Å². The number of nitrogens with one attached hydrogen (secondary N) is 1. The lowest BCUT2D eigenvalue weighted by Crippen LogP contribution is -2.46. The van der Waals surface area contributed by atoms with Gasteiger partial charge in [0.25, 0.3) is 5.91 Å². The molecule has 0 bridgehead atoms. The molecule has 6 heteroatoms. The fraction of sp³-hybridized carbons (Fsp3) is 0.261. The Bertz CT molecular complexity index is 1020. The van der Waals surface area contributed by atoms with Crippen LogP contribution < -0.4 is 11.1 Å². The van der Waals surface area contributed by atoms with Crippen LogP contribution in [0.2, 0.25) is 0 Å². The number of hydrogen-bond donors (Lipinski definition) is 2. The smallest absolute Gasteiger partial charge is 0.308 e. The van der Waals surface area contributed by atoms with E-state index in [-0.39, 0.29) is 13.0 Å². The number of rotatable bonds is 7. The molecule has 0 heterocycles. The second kappa shape index (κ2) is 8.73. The highest BCUT2D eigenvalue weighted by atomic mass is 16.5. The molecule has 0 aliphatic heterocycles. The number of fused-ring (bicyclic) bond motifs is 2. The van der Waals surface area contributed by atoms with Crippen LogP contribution in [0.4, 0.5) is 0 Å². The first-order valence-corrected chi connectivity index (χ1v) is 9.59. The van der Waals surface area contributed by atoms with Gasteiger partial charge >= 0.3 is 5.97 Å². The summed E-state index contributed by atoms with van der Waals surface area (Å²) < 4.78 is 4.99. The molecule has 3 aromatic carbocycles. The maximum Gasteiger partial charge on any atom is 0.308 e. The van der Waals surface area contributed by atoms with Crippen molar-refractivity contribution in [2.24, 2.45) is 11.7 Å². The van der Waals surface area contributed by atoms with Crippen molar-refractivity contribution in [2.75, 3.05) is 6.61 Å². The third-order valence-electron chi connectivity index (χ3n) is 4.93.